The number of H-pyrrole nitrogens is 1. The fourth-order valence-corrected chi connectivity index (χ4v) is 0.812. The molecule has 64 valence electrons. The number of carbonyl (C=O) groups excluding carboxylic acids is 1. The SMILES string of the molecule is Cc1nc(C(N)=O)c(=O)[nH]c1Cl. The highest BCUT2D eigenvalue weighted by Crippen LogP contribution is 2.05. The molecule has 1 aromatic heterocycles. The van der Waals surface area contributed by atoms with Gasteiger partial charge < -0.3 is 10.7 Å². The van der Waals surface area contributed by atoms with E-state index in [9.17, 15) is 9.59 Å². The molecule has 12 heavy (non-hydrogen) atoms. The average Bonchev–Trinajstić information content (AvgIpc) is 1.96. The molecule has 1 aromatic rings. The summed E-state index contributed by atoms with van der Waals surface area (Å²) in [4.78, 5) is 27.4. The number of aromatic nitrogens is 2. The number of primary amides is 1. The number of rotatable bonds is 1. The van der Waals surface area contributed by atoms with Gasteiger partial charge in [-0.15, -0.1) is 0 Å². The van der Waals surface area contributed by atoms with Crippen LogP contribution in [0.2, 0.25) is 5.15 Å². The van der Waals surface area contributed by atoms with E-state index in [0.29, 0.717) is 5.69 Å². The molecular formula is C6H6ClN3O2. The van der Waals surface area contributed by atoms with E-state index in [1.165, 1.54) is 0 Å². The van der Waals surface area contributed by atoms with Crippen LogP contribution in [-0.2, 0) is 0 Å². The van der Waals surface area contributed by atoms with Crippen molar-refractivity contribution in [2.75, 3.05) is 0 Å². The molecule has 5 nitrogen and oxygen atoms in total. The molecule has 0 bridgehead atoms. The summed E-state index contributed by atoms with van der Waals surface area (Å²) >= 11 is 5.52. The zero-order valence-electron chi connectivity index (χ0n) is 6.22. The summed E-state index contributed by atoms with van der Waals surface area (Å²) in [6.45, 7) is 1.56. The number of nitrogens with zero attached hydrogens (tertiary/aromatic N) is 1. The molecule has 0 aliphatic carbocycles. The first-order valence-corrected chi connectivity index (χ1v) is 3.46. The summed E-state index contributed by atoms with van der Waals surface area (Å²) < 4.78 is 0. The van der Waals surface area contributed by atoms with Crippen LogP contribution in [0, 0.1) is 6.92 Å². The molecule has 6 heteroatoms. The van der Waals surface area contributed by atoms with Crippen molar-refractivity contribution < 1.29 is 4.79 Å². The maximum atomic E-state index is 10.9. The van der Waals surface area contributed by atoms with Gasteiger partial charge in [-0.3, -0.25) is 9.59 Å². The number of halogens is 1. The lowest BCUT2D eigenvalue weighted by molar-refractivity contribution is 0.0994. The highest BCUT2D eigenvalue weighted by Gasteiger charge is 2.10. The first-order valence-electron chi connectivity index (χ1n) is 3.08. The normalized spacial score (nSPS) is 9.83. The van der Waals surface area contributed by atoms with E-state index in [1.54, 1.807) is 6.92 Å². The Labute approximate surface area is 72.6 Å². The van der Waals surface area contributed by atoms with Crippen molar-refractivity contribution in [2.24, 2.45) is 5.73 Å². The third-order valence-electron chi connectivity index (χ3n) is 1.27. The van der Waals surface area contributed by atoms with Gasteiger partial charge in [-0.05, 0) is 6.92 Å². The maximum Gasteiger partial charge on any atom is 0.280 e. The molecule has 1 rings (SSSR count). The Morgan fingerprint density at radius 2 is 2.25 bits per heavy atom. The van der Waals surface area contributed by atoms with E-state index < -0.39 is 11.5 Å². The van der Waals surface area contributed by atoms with Crippen LogP contribution in [0.3, 0.4) is 0 Å². The molecule has 1 amide bonds. The van der Waals surface area contributed by atoms with Crippen molar-refractivity contribution in [3.05, 3.63) is 26.9 Å². The summed E-state index contributed by atoms with van der Waals surface area (Å²) in [5.74, 6) is -0.865. The van der Waals surface area contributed by atoms with Crippen molar-refractivity contribution >= 4 is 17.5 Å². The van der Waals surface area contributed by atoms with Crippen LogP contribution in [0.15, 0.2) is 4.79 Å². The van der Waals surface area contributed by atoms with E-state index in [4.69, 9.17) is 17.3 Å². The van der Waals surface area contributed by atoms with Crippen LogP contribution in [-0.4, -0.2) is 15.9 Å². The minimum Gasteiger partial charge on any atom is -0.364 e. The van der Waals surface area contributed by atoms with Crippen molar-refractivity contribution in [2.45, 2.75) is 6.92 Å². The zero-order valence-corrected chi connectivity index (χ0v) is 6.97. The van der Waals surface area contributed by atoms with Crippen LogP contribution < -0.4 is 11.3 Å². The molecule has 0 atom stereocenters. The van der Waals surface area contributed by atoms with Gasteiger partial charge in [0.2, 0.25) is 0 Å². The van der Waals surface area contributed by atoms with Crippen LogP contribution >= 0.6 is 11.6 Å². The van der Waals surface area contributed by atoms with Crippen LogP contribution in [0.5, 0.6) is 0 Å². The number of aryl methyl sites for hydroxylation is 1. The summed E-state index contributed by atoms with van der Waals surface area (Å²) in [6.07, 6.45) is 0. The molecule has 0 aliphatic rings. The minimum absolute atomic E-state index is 0.116. The van der Waals surface area contributed by atoms with E-state index >= 15 is 0 Å². The maximum absolute atomic E-state index is 10.9. The Kier molecular flexibility index (Phi) is 2.14. The standard InChI is InChI=1S/C6H6ClN3O2/c1-2-4(7)10-6(12)3(9-2)5(8)11/h1H3,(H2,8,11)(H,10,12). The fourth-order valence-electron chi connectivity index (χ4n) is 0.684. The molecule has 0 aromatic carbocycles. The van der Waals surface area contributed by atoms with Gasteiger partial charge in [0.1, 0.15) is 5.15 Å². The van der Waals surface area contributed by atoms with Crippen LogP contribution in [0.4, 0.5) is 0 Å². The number of nitrogens with one attached hydrogen (secondary N) is 1. The second-order valence-electron chi connectivity index (χ2n) is 2.18. The molecule has 0 spiro atoms. The second-order valence-corrected chi connectivity index (χ2v) is 2.56. The molecule has 1 heterocycles. The molecule has 0 radical (unpaired) electrons. The van der Waals surface area contributed by atoms with Gasteiger partial charge >= 0.3 is 0 Å². The number of amides is 1. The summed E-state index contributed by atoms with van der Waals surface area (Å²) in [7, 11) is 0. The van der Waals surface area contributed by atoms with Gasteiger partial charge in [0.15, 0.2) is 5.69 Å². The minimum atomic E-state index is -0.865. The highest BCUT2D eigenvalue weighted by molar-refractivity contribution is 6.30. The number of nitrogens with two attached hydrogens (primary N) is 1. The Morgan fingerprint density at radius 1 is 1.67 bits per heavy atom. The number of hydrogen-bond donors (Lipinski definition) is 2. The van der Waals surface area contributed by atoms with E-state index in [1.807, 2.05) is 0 Å². The molecular weight excluding hydrogens is 182 g/mol. The predicted octanol–water partition coefficient (Wildman–Crippen LogP) is -0.169. The van der Waals surface area contributed by atoms with Gasteiger partial charge in [-0.25, -0.2) is 4.98 Å². The molecule has 3 N–H and O–H groups in total. The molecule has 0 saturated heterocycles. The smallest absolute Gasteiger partial charge is 0.280 e. The van der Waals surface area contributed by atoms with Gasteiger partial charge in [0.05, 0.1) is 5.69 Å². The first kappa shape index (κ1) is 8.73. The Hall–Kier alpha value is -1.36. The monoisotopic (exact) mass is 187 g/mol. The first-order chi connectivity index (χ1) is 5.52. The lowest BCUT2D eigenvalue weighted by Crippen LogP contribution is -2.26. The van der Waals surface area contributed by atoms with Gasteiger partial charge in [-0.1, -0.05) is 11.6 Å². The van der Waals surface area contributed by atoms with Crippen molar-refractivity contribution in [3.8, 4) is 0 Å². The van der Waals surface area contributed by atoms with Gasteiger partial charge in [0, 0.05) is 0 Å². The zero-order chi connectivity index (χ0) is 9.30. The van der Waals surface area contributed by atoms with Crippen molar-refractivity contribution in [1.82, 2.24) is 9.97 Å². The predicted molar refractivity (Wildman–Crippen MR) is 43.1 cm³/mol. The number of carbonyl (C=O) groups is 1. The van der Waals surface area contributed by atoms with Gasteiger partial charge in [-0.2, -0.15) is 0 Å². The summed E-state index contributed by atoms with van der Waals surface area (Å²) in [6, 6.07) is 0. The lowest BCUT2D eigenvalue weighted by atomic mass is 10.4. The molecule has 0 aliphatic heterocycles. The Bertz CT molecular complexity index is 385. The fraction of sp³-hybridized carbons (Fsp3) is 0.167. The summed E-state index contributed by atoms with van der Waals surface area (Å²) in [5.41, 5.74) is 4.24. The second kappa shape index (κ2) is 2.94. The quantitative estimate of drug-likeness (QED) is 0.640. The number of hydrogen-bond acceptors (Lipinski definition) is 3. The number of aromatic amines is 1. The topological polar surface area (TPSA) is 88.8 Å². The van der Waals surface area contributed by atoms with Crippen LogP contribution in [0.25, 0.3) is 0 Å². The molecule has 0 fully saturated rings. The van der Waals surface area contributed by atoms with E-state index in [0.717, 1.165) is 0 Å². The Balaban J connectivity index is 3.43. The molecule has 0 saturated carbocycles. The van der Waals surface area contributed by atoms with Crippen molar-refractivity contribution in [3.63, 3.8) is 0 Å². The lowest BCUT2D eigenvalue weighted by Gasteiger charge is -1.97. The third kappa shape index (κ3) is 1.45. The average molecular weight is 188 g/mol. The van der Waals surface area contributed by atoms with E-state index in [-0.39, 0.29) is 10.8 Å². The van der Waals surface area contributed by atoms with E-state index in [2.05, 4.69) is 9.97 Å². The van der Waals surface area contributed by atoms with Crippen molar-refractivity contribution in [1.29, 1.82) is 0 Å². The Morgan fingerprint density at radius 3 is 2.75 bits per heavy atom. The molecule has 0 unspecified atom stereocenters. The van der Waals surface area contributed by atoms with Crippen LogP contribution in [0.1, 0.15) is 16.2 Å². The highest BCUT2D eigenvalue weighted by atomic mass is 35.5. The van der Waals surface area contributed by atoms with Gasteiger partial charge in [0.25, 0.3) is 11.5 Å². The third-order valence-corrected chi connectivity index (χ3v) is 1.64. The summed E-state index contributed by atoms with van der Waals surface area (Å²) in [5, 5.41) is 0.116. The largest absolute Gasteiger partial charge is 0.364 e.